The van der Waals surface area contributed by atoms with Crippen LogP contribution in [-0.2, 0) is 27.9 Å². The summed E-state index contributed by atoms with van der Waals surface area (Å²) in [5.74, 6) is -3.24. The predicted molar refractivity (Wildman–Crippen MR) is 129 cm³/mol. The number of nitrogens with one attached hydrogen (secondary N) is 1. The molecule has 0 unspecified atom stereocenters. The quantitative estimate of drug-likeness (QED) is 0.393. The van der Waals surface area contributed by atoms with Crippen LogP contribution in [0.3, 0.4) is 0 Å². The van der Waals surface area contributed by atoms with E-state index in [1.54, 1.807) is 0 Å². The zero-order chi connectivity index (χ0) is 26.8. The summed E-state index contributed by atoms with van der Waals surface area (Å²) in [7, 11) is -4.88. The molecule has 1 amide bonds. The van der Waals surface area contributed by atoms with Gasteiger partial charge in [-0.25, -0.2) is 31.4 Å². The first-order valence-electron chi connectivity index (χ1n) is 10.2. The standard InChI is InChI=1S/C22H21ClF3N3O5S2/c1-22(2,3)34-21(31)29(20-10-35-11-28-20)36(32,33)19-6-14(23)18(7-17(19)26)27-8-12-13(9-30)16(25)5-4-15(12)24/h4-7,10-11,27,30H,8-9H2,1-3H3. The zero-order valence-corrected chi connectivity index (χ0v) is 21.6. The Bertz CT molecular complexity index is 1380. The number of amides is 1. The summed E-state index contributed by atoms with van der Waals surface area (Å²) in [5.41, 5.74) is -0.437. The highest BCUT2D eigenvalue weighted by atomic mass is 35.5. The van der Waals surface area contributed by atoms with E-state index in [9.17, 15) is 27.1 Å². The first-order chi connectivity index (χ1) is 16.8. The number of thiazole rings is 1. The van der Waals surface area contributed by atoms with Crippen molar-refractivity contribution in [2.75, 3.05) is 9.62 Å². The Morgan fingerprint density at radius 3 is 2.36 bits per heavy atom. The Morgan fingerprint density at radius 1 is 1.17 bits per heavy atom. The SMILES string of the molecule is CC(C)(C)OC(=O)N(c1cscn1)S(=O)(=O)c1cc(Cl)c(NCc2c(F)ccc(F)c2CO)cc1F. The van der Waals surface area contributed by atoms with Crippen molar-refractivity contribution in [3.05, 3.63) is 68.8 Å². The number of hydrogen-bond donors (Lipinski definition) is 2. The van der Waals surface area contributed by atoms with Crippen molar-refractivity contribution in [1.82, 2.24) is 4.98 Å². The molecule has 8 nitrogen and oxygen atoms in total. The number of anilines is 2. The van der Waals surface area contributed by atoms with E-state index in [4.69, 9.17) is 16.3 Å². The zero-order valence-electron chi connectivity index (χ0n) is 19.2. The number of sulfonamides is 1. The highest BCUT2D eigenvalue weighted by Crippen LogP contribution is 2.33. The third-order valence-electron chi connectivity index (χ3n) is 4.66. The summed E-state index contributed by atoms with van der Waals surface area (Å²) in [6.45, 7) is 3.40. The van der Waals surface area contributed by atoms with Crippen molar-refractivity contribution >= 4 is 50.6 Å². The number of aliphatic hydroxyl groups is 1. The fraction of sp³-hybridized carbons (Fsp3) is 0.273. The van der Waals surface area contributed by atoms with Crippen molar-refractivity contribution in [2.24, 2.45) is 0 Å². The molecule has 3 rings (SSSR count). The van der Waals surface area contributed by atoms with Gasteiger partial charge in [0.15, 0.2) is 5.82 Å². The van der Waals surface area contributed by atoms with Crippen LogP contribution >= 0.6 is 22.9 Å². The molecular weight excluding hydrogens is 543 g/mol. The summed E-state index contributed by atoms with van der Waals surface area (Å²) >= 11 is 7.18. The molecule has 2 aromatic carbocycles. The Labute approximate surface area is 214 Å². The largest absolute Gasteiger partial charge is 0.443 e. The van der Waals surface area contributed by atoms with Gasteiger partial charge in [0, 0.05) is 23.1 Å². The summed E-state index contributed by atoms with van der Waals surface area (Å²) in [6, 6.07) is 3.23. The summed E-state index contributed by atoms with van der Waals surface area (Å²) in [5, 5.41) is 12.9. The summed E-state index contributed by atoms with van der Waals surface area (Å²) in [4.78, 5) is 15.6. The molecule has 0 aliphatic rings. The van der Waals surface area contributed by atoms with Crippen molar-refractivity contribution in [2.45, 2.75) is 44.4 Å². The minimum atomic E-state index is -4.88. The highest BCUT2D eigenvalue weighted by molar-refractivity contribution is 7.93. The number of aromatic nitrogens is 1. The smallest absolute Gasteiger partial charge is 0.430 e. The molecule has 0 atom stereocenters. The lowest BCUT2D eigenvalue weighted by molar-refractivity contribution is 0.0608. The molecule has 0 radical (unpaired) electrons. The Hall–Kier alpha value is -2.87. The van der Waals surface area contributed by atoms with E-state index in [1.165, 1.54) is 31.7 Å². The van der Waals surface area contributed by atoms with Crippen LogP contribution < -0.4 is 9.62 Å². The van der Waals surface area contributed by atoms with Gasteiger partial charge in [0.2, 0.25) is 0 Å². The molecule has 0 aliphatic carbocycles. The number of nitrogens with zero attached hydrogens (tertiary/aromatic N) is 2. The van der Waals surface area contributed by atoms with Gasteiger partial charge in [-0.15, -0.1) is 15.6 Å². The number of carbonyl (C=O) groups excluding carboxylic acids is 1. The number of aliphatic hydroxyl groups excluding tert-OH is 1. The predicted octanol–water partition coefficient (Wildman–Crippen LogP) is 5.45. The average Bonchev–Trinajstić information content (AvgIpc) is 3.28. The van der Waals surface area contributed by atoms with E-state index in [-0.39, 0.29) is 32.0 Å². The molecule has 1 aromatic heterocycles. The van der Waals surface area contributed by atoms with E-state index in [0.717, 1.165) is 35.6 Å². The normalized spacial score (nSPS) is 11.9. The molecule has 194 valence electrons. The molecule has 0 saturated heterocycles. The fourth-order valence-corrected chi connectivity index (χ4v) is 5.29. The molecule has 3 aromatic rings. The van der Waals surface area contributed by atoms with Crippen LogP contribution in [0.1, 0.15) is 31.9 Å². The number of rotatable bonds is 7. The van der Waals surface area contributed by atoms with Crippen LogP contribution in [0.2, 0.25) is 5.02 Å². The van der Waals surface area contributed by atoms with E-state index < -0.39 is 57.2 Å². The Balaban J connectivity index is 1.98. The van der Waals surface area contributed by atoms with Crippen molar-refractivity contribution in [3.8, 4) is 0 Å². The topological polar surface area (TPSA) is 109 Å². The average molecular weight is 564 g/mol. The van der Waals surface area contributed by atoms with E-state index in [0.29, 0.717) is 0 Å². The molecular formula is C22H21ClF3N3O5S2. The maximum absolute atomic E-state index is 15.1. The first kappa shape index (κ1) is 27.7. The van der Waals surface area contributed by atoms with Gasteiger partial charge in [-0.3, -0.25) is 0 Å². The second kappa shape index (κ2) is 10.6. The first-order valence-corrected chi connectivity index (χ1v) is 13.0. The Morgan fingerprint density at radius 2 is 1.81 bits per heavy atom. The number of benzene rings is 2. The molecule has 0 bridgehead atoms. The molecule has 0 aliphatic heterocycles. The highest BCUT2D eigenvalue weighted by Gasteiger charge is 2.38. The van der Waals surface area contributed by atoms with Crippen LogP contribution in [-0.4, -0.2) is 30.2 Å². The van der Waals surface area contributed by atoms with Crippen molar-refractivity contribution in [1.29, 1.82) is 0 Å². The molecule has 2 N–H and O–H groups in total. The minimum Gasteiger partial charge on any atom is -0.443 e. The van der Waals surface area contributed by atoms with Gasteiger partial charge in [0.05, 0.1) is 22.8 Å². The molecule has 36 heavy (non-hydrogen) atoms. The van der Waals surface area contributed by atoms with Gasteiger partial charge in [0.1, 0.15) is 27.9 Å². The second-order valence-corrected chi connectivity index (χ2v) is 11.2. The molecule has 0 fully saturated rings. The maximum atomic E-state index is 15.1. The molecule has 0 spiro atoms. The minimum absolute atomic E-state index is 0.141. The van der Waals surface area contributed by atoms with Gasteiger partial charge in [-0.1, -0.05) is 11.6 Å². The van der Waals surface area contributed by atoms with Gasteiger partial charge in [-0.2, -0.15) is 0 Å². The molecule has 1 heterocycles. The van der Waals surface area contributed by atoms with Crippen LogP contribution in [0, 0.1) is 17.5 Å². The monoisotopic (exact) mass is 563 g/mol. The van der Waals surface area contributed by atoms with Crippen LogP contribution in [0.4, 0.5) is 29.5 Å². The summed E-state index contributed by atoms with van der Waals surface area (Å²) in [6.07, 6.45) is -1.30. The van der Waals surface area contributed by atoms with Crippen LogP contribution in [0.15, 0.2) is 40.1 Å². The van der Waals surface area contributed by atoms with Crippen molar-refractivity contribution < 1.29 is 36.2 Å². The lowest BCUT2D eigenvalue weighted by Gasteiger charge is -2.26. The third kappa shape index (κ3) is 5.91. The van der Waals surface area contributed by atoms with Gasteiger partial charge in [0.25, 0.3) is 10.0 Å². The van der Waals surface area contributed by atoms with E-state index in [2.05, 4.69) is 10.3 Å². The molecule has 14 heteroatoms. The number of carbonyl (C=O) groups is 1. The number of hydrogen-bond acceptors (Lipinski definition) is 8. The lowest BCUT2D eigenvalue weighted by Crippen LogP contribution is -2.41. The van der Waals surface area contributed by atoms with E-state index in [1.807, 2.05) is 0 Å². The van der Waals surface area contributed by atoms with Gasteiger partial charge in [-0.05, 0) is 45.0 Å². The fourth-order valence-electron chi connectivity index (χ4n) is 3.07. The third-order valence-corrected chi connectivity index (χ3v) is 7.23. The van der Waals surface area contributed by atoms with Crippen molar-refractivity contribution in [3.63, 3.8) is 0 Å². The second-order valence-electron chi connectivity index (χ2n) is 8.36. The Kier molecular flexibility index (Phi) is 8.18. The molecule has 0 saturated carbocycles. The van der Waals surface area contributed by atoms with E-state index >= 15 is 4.39 Å². The number of ether oxygens (including phenoxy) is 1. The lowest BCUT2D eigenvalue weighted by atomic mass is 10.1. The maximum Gasteiger partial charge on any atom is 0.430 e. The van der Waals surface area contributed by atoms with Gasteiger partial charge < -0.3 is 15.2 Å². The van der Waals surface area contributed by atoms with Crippen LogP contribution in [0.25, 0.3) is 0 Å². The summed E-state index contributed by atoms with van der Waals surface area (Å²) < 4.78 is 75.2. The van der Waals surface area contributed by atoms with Gasteiger partial charge >= 0.3 is 6.09 Å². The van der Waals surface area contributed by atoms with Crippen LogP contribution in [0.5, 0.6) is 0 Å². The number of halogens is 4.